The summed E-state index contributed by atoms with van der Waals surface area (Å²) in [5, 5.41) is 0. The number of benzene rings is 2. The maximum absolute atomic E-state index is 12.5. The van der Waals surface area contributed by atoms with Crippen molar-refractivity contribution in [2.75, 3.05) is 18.1 Å². The minimum Gasteiger partial charge on any atom is -0.494 e. The molecule has 0 aliphatic carbocycles. The van der Waals surface area contributed by atoms with Gasteiger partial charge in [-0.3, -0.25) is 4.72 Å². The van der Waals surface area contributed by atoms with E-state index < -0.39 is 10.0 Å². The zero-order valence-electron chi connectivity index (χ0n) is 12.8. The first-order chi connectivity index (χ1) is 11.0. The minimum absolute atomic E-state index is 0.142. The van der Waals surface area contributed by atoms with Gasteiger partial charge in [0.25, 0.3) is 10.0 Å². The monoisotopic (exact) mass is 335 g/mol. The van der Waals surface area contributed by atoms with Crippen LogP contribution in [0.5, 0.6) is 17.2 Å². The van der Waals surface area contributed by atoms with Crippen LogP contribution in [0.25, 0.3) is 0 Å². The molecule has 0 bridgehead atoms. The Hall–Kier alpha value is -2.41. The molecule has 2 aromatic rings. The third-order valence-electron chi connectivity index (χ3n) is 3.38. The number of aryl methyl sites for hydroxylation is 1. The quantitative estimate of drug-likeness (QED) is 0.909. The number of nitrogens with one attached hydrogen (secondary N) is 1. The zero-order chi connectivity index (χ0) is 16.4. The van der Waals surface area contributed by atoms with Crippen LogP contribution in [-0.4, -0.2) is 21.8 Å². The summed E-state index contributed by atoms with van der Waals surface area (Å²) in [5.41, 5.74) is 1.18. The van der Waals surface area contributed by atoms with Gasteiger partial charge < -0.3 is 14.2 Å². The molecule has 0 fully saturated rings. The lowest BCUT2D eigenvalue weighted by Gasteiger charge is -2.11. The van der Waals surface area contributed by atoms with E-state index in [2.05, 4.69) is 4.72 Å². The van der Waals surface area contributed by atoms with Gasteiger partial charge in [0, 0.05) is 6.07 Å². The van der Waals surface area contributed by atoms with Crippen molar-refractivity contribution in [3.05, 3.63) is 42.0 Å². The predicted molar refractivity (Wildman–Crippen MR) is 85.7 cm³/mol. The van der Waals surface area contributed by atoms with Crippen molar-refractivity contribution in [1.82, 2.24) is 0 Å². The number of ether oxygens (including phenoxy) is 3. The smallest absolute Gasteiger partial charge is 0.261 e. The van der Waals surface area contributed by atoms with Gasteiger partial charge in [0.1, 0.15) is 5.75 Å². The standard InChI is InChI=1S/C16H17NO5S/c1-3-20-14-7-5-13(8-11(14)2)23(18,19)17-12-4-6-15-16(9-12)22-10-21-15/h4-9,17H,3,10H2,1-2H3. The van der Waals surface area contributed by atoms with E-state index in [0.29, 0.717) is 29.5 Å². The van der Waals surface area contributed by atoms with Crippen LogP contribution in [0.4, 0.5) is 5.69 Å². The van der Waals surface area contributed by atoms with Crippen molar-refractivity contribution < 1.29 is 22.6 Å². The Labute approximate surface area is 135 Å². The molecule has 122 valence electrons. The van der Waals surface area contributed by atoms with Gasteiger partial charge in [-0.15, -0.1) is 0 Å². The van der Waals surface area contributed by atoms with Gasteiger partial charge in [-0.2, -0.15) is 0 Å². The SMILES string of the molecule is CCOc1ccc(S(=O)(=O)Nc2ccc3c(c2)OCO3)cc1C. The van der Waals surface area contributed by atoms with Crippen LogP contribution in [0.3, 0.4) is 0 Å². The van der Waals surface area contributed by atoms with Gasteiger partial charge in [0.2, 0.25) is 6.79 Å². The Morgan fingerprint density at radius 3 is 2.65 bits per heavy atom. The summed E-state index contributed by atoms with van der Waals surface area (Å²) in [6.45, 7) is 4.36. The third kappa shape index (κ3) is 3.19. The largest absolute Gasteiger partial charge is 0.494 e. The van der Waals surface area contributed by atoms with E-state index in [9.17, 15) is 8.42 Å². The van der Waals surface area contributed by atoms with Gasteiger partial charge in [0.05, 0.1) is 17.2 Å². The fourth-order valence-corrected chi connectivity index (χ4v) is 3.41. The second kappa shape index (κ2) is 6.00. The van der Waals surface area contributed by atoms with E-state index in [0.717, 1.165) is 5.56 Å². The van der Waals surface area contributed by atoms with Crippen molar-refractivity contribution in [1.29, 1.82) is 0 Å². The van der Waals surface area contributed by atoms with Gasteiger partial charge in [0.15, 0.2) is 11.5 Å². The number of hydrogen-bond acceptors (Lipinski definition) is 5. The zero-order valence-corrected chi connectivity index (χ0v) is 13.6. The average molecular weight is 335 g/mol. The van der Waals surface area contributed by atoms with Crippen LogP contribution in [-0.2, 0) is 10.0 Å². The van der Waals surface area contributed by atoms with E-state index in [1.54, 1.807) is 30.3 Å². The van der Waals surface area contributed by atoms with E-state index in [-0.39, 0.29) is 11.7 Å². The Kier molecular flexibility index (Phi) is 4.04. The van der Waals surface area contributed by atoms with Gasteiger partial charge in [-0.25, -0.2) is 8.42 Å². The topological polar surface area (TPSA) is 73.9 Å². The maximum Gasteiger partial charge on any atom is 0.261 e. The first-order valence-corrected chi connectivity index (χ1v) is 8.64. The second-order valence-corrected chi connectivity index (χ2v) is 6.72. The lowest BCUT2D eigenvalue weighted by atomic mass is 10.2. The van der Waals surface area contributed by atoms with Crippen molar-refractivity contribution in [2.45, 2.75) is 18.7 Å². The molecular formula is C16H17NO5S. The lowest BCUT2D eigenvalue weighted by molar-refractivity contribution is 0.174. The molecule has 0 radical (unpaired) electrons. The van der Waals surface area contributed by atoms with Crippen molar-refractivity contribution in [3.8, 4) is 17.2 Å². The molecule has 6 nitrogen and oxygen atoms in total. The molecular weight excluding hydrogens is 318 g/mol. The number of anilines is 1. The predicted octanol–water partition coefficient (Wildman–Crippen LogP) is 2.92. The number of rotatable bonds is 5. The highest BCUT2D eigenvalue weighted by Gasteiger charge is 2.18. The highest BCUT2D eigenvalue weighted by atomic mass is 32.2. The van der Waals surface area contributed by atoms with Crippen LogP contribution in [0.1, 0.15) is 12.5 Å². The molecule has 0 unspecified atom stereocenters. The molecule has 0 aromatic heterocycles. The Balaban J connectivity index is 1.85. The Bertz CT molecular complexity index is 832. The molecule has 0 amide bonds. The Morgan fingerprint density at radius 2 is 1.91 bits per heavy atom. The first kappa shape index (κ1) is 15.5. The molecule has 1 aliphatic rings. The third-order valence-corrected chi connectivity index (χ3v) is 4.76. The average Bonchev–Trinajstić information content (AvgIpc) is 2.96. The fraction of sp³-hybridized carbons (Fsp3) is 0.250. The summed E-state index contributed by atoms with van der Waals surface area (Å²) in [6, 6.07) is 9.66. The number of hydrogen-bond donors (Lipinski definition) is 1. The molecule has 3 rings (SSSR count). The van der Waals surface area contributed by atoms with Crippen LogP contribution < -0.4 is 18.9 Å². The van der Waals surface area contributed by atoms with Crippen LogP contribution in [0, 0.1) is 6.92 Å². The molecule has 1 aliphatic heterocycles. The normalized spacial score (nSPS) is 13.0. The van der Waals surface area contributed by atoms with E-state index in [4.69, 9.17) is 14.2 Å². The van der Waals surface area contributed by atoms with E-state index >= 15 is 0 Å². The molecule has 7 heteroatoms. The second-order valence-electron chi connectivity index (χ2n) is 5.03. The summed E-state index contributed by atoms with van der Waals surface area (Å²) in [6.07, 6.45) is 0. The highest BCUT2D eigenvalue weighted by molar-refractivity contribution is 7.92. The summed E-state index contributed by atoms with van der Waals surface area (Å²) < 4.78 is 43.4. The minimum atomic E-state index is -3.69. The molecule has 1 N–H and O–H groups in total. The van der Waals surface area contributed by atoms with Gasteiger partial charge >= 0.3 is 0 Å². The maximum atomic E-state index is 12.5. The summed E-state index contributed by atoms with van der Waals surface area (Å²) >= 11 is 0. The summed E-state index contributed by atoms with van der Waals surface area (Å²) in [7, 11) is -3.69. The van der Waals surface area contributed by atoms with Gasteiger partial charge in [-0.05, 0) is 49.7 Å². The van der Waals surface area contributed by atoms with Crippen LogP contribution in [0.2, 0.25) is 0 Å². The molecule has 0 saturated heterocycles. The van der Waals surface area contributed by atoms with E-state index in [1.165, 1.54) is 6.07 Å². The van der Waals surface area contributed by atoms with Crippen LogP contribution >= 0.6 is 0 Å². The number of sulfonamides is 1. The number of fused-ring (bicyclic) bond motifs is 1. The van der Waals surface area contributed by atoms with E-state index in [1.807, 2.05) is 13.8 Å². The highest BCUT2D eigenvalue weighted by Crippen LogP contribution is 2.35. The Morgan fingerprint density at radius 1 is 1.13 bits per heavy atom. The molecule has 0 saturated carbocycles. The fourth-order valence-electron chi connectivity index (χ4n) is 2.28. The molecule has 1 heterocycles. The lowest BCUT2D eigenvalue weighted by Crippen LogP contribution is -2.13. The summed E-state index contributed by atoms with van der Waals surface area (Å²) in [5.74, 6) is 1.80. The van der Waals surface area contributed by atoms with Crippen molar-refractivity contribution >= 4 is 15.7 Å². The van der Waals surface area contributed by atoms with Crippen molar-refractivity contribution in [3.63, 3.8) is 0 Å². The molecule has 23 heavy (non-hydrogen) atoms. The van der Waals surface area contributed by atoms with Gasteiger partial charge in [-0.1, -0.05) is 0 Å². The summed E-state index contributed by atoms with van der Waals surface area (Å²) in [4.78, 5) is 0.177. The molecule has 0 spiro atoms. The van der Waals surface area contributed by atoms with Crippen LogP contribution in [0.15, 0.2) is 41.3 Å². The molecule has 2 aromatic carbocycles. The van der Waals surface area contributed by atoms with Crippen molar-refractivity contribution in [2.24, 2.45) is 0 Å². The first-order valence-electron chi connectivity index (χ1n) is 7.15. The molecule has 0 atom stereocenters.